The molecule has 9 nitrogen and oxygen atoms in total. The van der Waals surface area contributed by atoms with Crippen LogP contribution in [0.2, 0.25) is 0 Å². The Balaban J connectivity index is 1.30. The smallest absolute Gasteiger partial charge is 0.461 e. The van der Waals surface area contributed by atoms with Crippen LogP contribution in [0, 0.1) is 24.5 Å². The highest BCUT2D eigenvalue weighted by molar-refractivity contribution is 6.21. The maximum Gasteiger partial charge on any atom is 0.487 e. The number of hydrogen-bond donors (Lipinski definition) is 2. The first-order valence-corrected chi connectivity index (χ1v) is 16.2. The lowest BCUT2D eigenvalue weighted by Gasteiger charge is -2.35. The van der Waals surface area contributed by atoms with E-state index in [1.54, 1.807) is 0 Å². The van der Waals surface area contributed by atoms with E-state index in [2.05, 4.69) is 32.1 Å². The Kier molecular flexibility index (Phi) is 7.04. The lowest BCUT2D eigenvalue weighted by Crippen LogP contribution is -2.51. The Morgan fingerprint density at radius 2 is 1.87 bits per heavy atom. The van der Waals surface area contributed by atoms with Gasteiger partial charge in [-0.3, -0.25) is 4.90 Å². The molecule has 46 heavy (non-hydrogen) atoms. The van der Waals surface area contributed by atoms with Gasteiger partial charge in [-0.05, 0) is 69.2 Å². The van der Waals surface area contributed by atoms with Crippen LogP contribution < -0.4 is 19.7 Å². The number of rotatable bonds is 7. The molecular weight excluding hydrogens is 626 g/mol. The van der Waals surface area contributed by atoms with E-state index in [0.717, 1.165) is 51.3 Å². The standard InChI is InChI=1S/C32H34ClF4N7O2/c1-16-10-31(6-3-7-44(31)11-16)14-45-30-41-26-20(29(42-30)43-12-18-4-5-19(13-43)40-18)9-21(34)23(25(26)35)24-27-22(38-15-39-27)8-17(2)28(24)46-32(33,36)37/h8-9,15-16,18-19,40H,3-7,10-14H2,1-2H3,(H,38,39)/t16-,18?,19?,31+/m1/s1. The fraction of sp³-hybridized carbons (Fsp3) is 0.531. The van der Waals surface area contributed by atoms with Crippen LogP contribution in [0.1, 0.15) is 44.6 Å². The van der Waals surface area contributed by atoms with Crippen molar-refractivity contribution in [1.82, 2.24) is 30.2 Å². The van der Waals surface area contributed by atoms with Crippen molar-refractivity contribution in [3.63, 3.8) is 0 Å². The molecule has 0 amide bonds. The third-order valence-electron chi connectivity index (χ3n) is 10.1. The van der Waals surface area contributed by atoms with Crippen molar-refractivity contribution in [2.24, 2.45) is 5.92 Å². The second-order valence-corrected chi connectivity index (χ2v) is 13.9. The summed E-state index contributed by atoms with van der Waals surface area (Å²) in [4.78, 5) is 20.9. The molecule has 2 aromatic carbocycles. The average molecular weight is 660 g/mol. The van der Waals surface area contributed by atoms with E-state index >= 15 is 8.78 Å². The van der Waals surface area contributed by atoms with Gasteiger partial charge in [0.05, 0.1) is 28.5 Å². The molecule has 0 radical (unpaired) electrons. The van der Waals surface area contributed by atoms with Crippen LogP contribution >= 0.6 is 11.6 Å². The summed E-state index contributed by atoms with van der Waals surface area (Å²) in [6, 6.07) is 3.11. The number of piperazine rings is 1. The van der Waals surface area contributed by atoms with Gasteiger partial charge in [0.15, 0.2) is 5.82 Å². The summed E-state index contributed by atoms with van der Waals surface area (Å²) in [5, 5.41) is 3.74. The Morgan fingerprint density at radius 1 is 1.09 bits per heavy atom. The van der Waals surface area contributed by atoms with E-state index in [1.807, 2.05) is 4.90 Å². The van der Waals surface area contributed by atoms with Crippen LogP contribution in [0.5, 0.6) is 11.8 Å². The van der Waals surface area contributed by atoms with Gasteiger partial charge >= 0.3 is 11.6 Å². The number of nitrogens with one attached hydrogen (secondary N) is 2. The zero-order valence-electron chi connectivity index (χ0n) is 25.5. The molecule has 4 aromatic rings. The summed E-state index contributed by atoms with van der Waals surface area (Å²) < 4.78 is 72.5. The fourth-order valence-corrected chi connectivity index (χ4v) is 8.44. The number of ether oxygens (including phenoxy) is 2. The molecule has 4 aliphatic rings. The number of nitrogens with zero attached hydrogens (tertiary/aromatic N) is 5. The average Bonchev–Trinajstić information content (AvgIpc) is 3.76. The van der Waals surface area contributed by atoms with Crippen LogP contribution in [-0.2, 0) is 0 Å². The first-order chi connectivity index (χ1) is 22.0. The first-order valence-electron chi connectivity index (χ1n) is 15.8. The molecule has 2 N–H and O–H groups in total. The maximum atomic E-state index is 17.0. The predicted octanol–water partition coefficient (Wildman–Crippen LogP) is 6.12. The number of aromatic amines is 1. The van der Waals surface area contributed by atoms with Gasteiger partial charge in [-0.2, -0.15) is 9.97 Å². The van der Waals surface area contributed by atoms with Crippen LogP contribution in [0.15, 0.2) is 18.5 Å². The molecule has 8 rings (SSSR count). The minimum atomic E-state index is -4.14. The molecule has 2 aromatic heterocycles. The number of benzene rings is 2. The number of imidazole rings is 1. The third-order valence-corrected chi connectivity index (χ3v) is 10.2. The van der Waals surface area contributed by atoms with Crippen LogP contribution in [0.25, 0.3) is 33.1 Å². The van der Waals surface area contributed by atoms with Gasteiger partial charge in [0.2, 0.25) is 0 Å². The summed E-state index contributed by atoms with van der Waals surface area (Å²) >= 11 is 5.17. The molecule has 4 fully saturated rings. The number of aromatic nitrogens is 4. The van der Waals surface area contributed by atoms with Crippen LogP contribution in [0.4, 0.5) is 23.4 Å². The Morgan fingerprint density at radius 3 is 2.63 bits per heavy atom. The van der Waals surface area contributed by atoms with Gasteiger partial charge in [0.1, 0.15) is 35.0 Å². The second kappa shape index (κ2) is 10.8. The quantitative estimate of drug-likeness (QED) is 0.181. The largest absolute Gasteiger partial charge is 0.487 e. The number of halogens is 5. The Labute approximate surface area is 267 Å². The van der Waals surface area contributed by atoms with Crippen molar-refractivity contribution in [2.45, 2.75) is 69.1 Å². The minimum absolute atomic E-state index is 0.0106. The van der Waals surface area contributed by atoms with Gasteiger partial charge < -0.3 is 24.7 Å². The van der Waals surface area contributed by atoms with Gasteiger partial charge in [0.25, 0.3) is 0 Å². The molecule has 4 aliphatic heterocycles. The number of aryl methyl sites for hydroxylation is 1. The van der Waals surface area contributed by atoms with Crippen molar-refractivity contribution in [3.05, 3.63) is 35.7 Å². The molecule has 0 spiro atoms. The lowest BCUT2D eigenvalue weighted by molar-refractivity contribution is -0.0964. The zero-order chi connectivity index (χ0) is 32.0. The van der Waals surface area contributed by atoms with Crippen molar-refractivity contribution < 1.29 is 27.0 Å². The highest BCUT2D eigenvalue weighted by Gasteiger charge is 2.48. The molecule has 14 heteroatoms. The molecule has 6 heterocycles. The summed E-state index contributed by atoms with van der Waals surface area (Å²) in [5.74, 6) is -1.64. The molecule has 244 valence electrons. The van der Waals surface area contributed by atoms with Gasteiger partial charge in [-0.15, -0.1) is 8.78 Å². The Bertz CT molecular complexity index is 1840. The van der Waals surface area contributed by atoms with Crippen LogP contribution in [0.3, 0.4) is 0 Å². The van der Waals surface area contributed by atoms with E-state index in [9.17, 15) is 8.78 Å². The highest BCUT2D eigenvalue weighted by atomic mass is 35.5. The Hall–Kier alpha value is -3.42. The van der Waals surface area contributed by atoms with Gasteiger partial charge in [-0.1, -0.05) is 6.92 Å². The van der Waals surface area contributed by atoms with Crippen molar-refractivity contribution in [2.75, 3.05) is 37.7 Å². The zero-order valence-corrected chi connectivity index (χ0v) is 26.2. The number of alkyl halides is 3. The van der Waals surface area contributed by atoms with Crippen molar-refractivity contribution in [3.8, 4) is 22.9 Å². The van der Waals surface area contributed by atoms with E-state index in [0.29, 0.717) is 36.9 Å². The third kappa shape index (κ3) is 5.02. The molecule has 0 aliphatic carbocycles. The normalized spacial score (nSPS) is 26.4. The SMILES string of the molecule is Cc1cc2[nH]cnc2c(-c2c(F)cc3c(N4CC5CCC(C4)N5)nc(OC[C@@]45CCCN4C[C@H](C)C5)nc3c2F)c1OC(F)(F)Cl. The summed E-state index contributed by atoms with van der Waals surface area (Å²) in [7, 11) is 0. The summed E-state index contributed by atoms with van der Waals surface area (Å²) in [6.07, 6.45) is 6.36. The molecule has 2 unspecified atom stereocenters. The number of hydrogen-bond acceptors (Lipinski definition) is 8. The van der Waals surface area contributed by atoms with E-state index in [4.69, 9.17) is 26.1 Å². The van der Waals surface area contributed by atoms with Crippen LogP contribution in [-0.4, -0.2) is 80.8 Å². The molecule has 4 saturated heterocycles. The van der Waals surface area contributed by atoms with Gasteiger partial charge in [-0.25, -0.2) is 13.8 Å². The lowest BCUT2D eigenvalue weighted by atomic mass is 9.92. The van der Waals surface area contributed by atoms with Crippen molar-refractivity contribution in [1.29, 1.82) is 0 Å². The van der Waals surface area contributed by atoms with E-state index in [-0.39, 0.29) is 51.2 Å². The first kappa shape index (κ1) is 29.9. The topological polar surface area (TPSA) is 91.4 Å². The van der Waals surface area contributed by atoms with E-state index < -0.39 is 28.5 Å². The second-order valence-electron chi connectivity index (χ2n) is 13.4. The molecule has 0 saturated carbocycles. The van der Waals surface area contributed by atoms with Gasteiger partial charge in [0, 0.05) is 48.7 Å². The summed E-state index contributed by atoms with van der Waals surface area (Å²) in [5.41, 5.74) is -4.76. The number of anilines is 1. The van der Waals surface area contributed by atoms with Crippen molar-refractivity contribution >= 4 is 39.4 Å². The summed E-state index contributed by atoms with van der Waals surface area (Å²) in [6.45, 7) is 7.28. The predicted molar refractivity (Wildman–Crippen MR) is 166 cm³/mol. The molecule has 2 bridgehead atoms. The highest BCUT2D eigenvalue weighted by Crippen LogP contribution is 2.46. The monoisotopic (exact) mass is 659 g/mol. The maximum absolute atomic E-state index is 17.0. The number of fused-ring (bicyclic) bond motifs is 5. The molecule has 4 atom stereocenters. The molecular formula is C32H34ClF4N7O2. The van der Waals surface area contributed by atoms with E-state index in [1.165, 1.54) is 19.3 Å². The minimum Gasteiger partial charge on any atom is -0.461 e. The fourth-order valence-electron chi connectivity index (χ4n) is 8.37. The number of H-pyrrole nitrogens is 1.